The zero-order valence-electron chi connectivity index (χ0n) is 11.3. The maximum Gasteiger partial charge on any atom is 0.242 e. The summed E-state index contributed by atoms with van der Waals surface area (Å²) in [7, 11) is 1.84. The Bertz CT molecular complexity index is 669. The van der Waals surface area contributed by atoms with Crippen molar-refractivity contribution in [2.75, 3.05) is 18.0 Å². The van der Waals surface area contributed by atoms with Gasteiger partial charge in [-0.1, -0.05) is 6.92 Å². The maximum absolute atomic E-state index is 12.0. The van der Waals surface area contributed by atoms with Crippen LogP contribution >= 0.6 is 15.9 Å². The number of fused-ring (bicyclic) bond motifs is 1. The predicted octanol–water partition coefficient (Wildman–Crippen LogP) is 0.841. The molecule has 0 unspecified atom stereocenters. The number of nitrogens with zero attached hydrogens (tertiary/aromatic N) is 5. The van der Waals surface area contributed by atoms with Crippen molar-refractivity contribution in [2.24, 2.45) is 7.05 Å². The number of aromatic nitrogens is 4. The van der Waals surface area contributed by atoms with Crippen molar-refractivity contribution in [1.82, 2.24) is 25.1 Å². The van der Waals surface area contributed by atoms with Crippen molar-refractivity contribution in [3.05, 3.63) is 10.9 Å². The number of nitrogens with one attached hydrogen (secondary N) is 1. The molecule has 2 aromatic rings. The molecular weight excluding hydrogens is 324 g/mol. The molecule has 1 aliphatic heterocycles. The molecule has 0 saturated carbocycles. The molecule has 1 N–H and O–H groups in total. The topological polar surface area (TPSA) is 75.9 Å². The highest BCUT2D eigenvalue weighted by Gasteiger charge is 2.31. The molecule has 1 fully saturated rings. The van der Waals surface area contributed by atoms with Gasteiger partial charge in [-0.05, 0) is 22.4 Å². The Labute approximate surface area is 124 Å². The summed E-state index contributed by atoms with van der Waals surface area (Å²) in [4.78, 5) is 22.7. The summed E-state index contributed by atoms with van der Waals surface area (Å²) in [5.74, 6) is 0.808. The normalized spacial score (nSPS) is 19.4. The highest BCUT2D eigenvalue weighted by atomic mass is 79.9. The second-order valence-corrected chi connectivity index (χ2v) is 5.47. The van der Waals surface area contributed by atoms with Crippen LogP contribution in [0.4, 0.5) is 5.82 Å². The van der Waals surface area contributed by atoms with Crippen molar-refractivity contribution < 1.29 is 4.79 Å². The molecule has 2 aromatic heterocycles. The fourth-order valence-corrected chi connectivity index (χ4v) is 3.21. The number of amides is 1. The van der Waals surface area contributed by atoms with Gasteiger partial charge in [-0.3, -0.25) is 4.79 Å². The van der Waals surface area contributed by atoms with Gasteiger partial charge in [-0.15, -0.1) is 0 Å². The molecule has 3 rings (SSSR count). The predicted molar refractivity (Wildman–Crippen MR) is 78.4 cm³/mol. The molecule has 20 heavy (non-hydrogen) atoms. The zero-order chi connectivity index (χ0) is 14.3. The smallest absolute Gasteiger partial charge is 0.242 e. The summed E-state index contributed by atoms with van der Waals surface area (Å²) in [5.41, 5.74) is 0.753. The minimum Gasteiger partial charge on any atom is -0.353 e. The second-order valence-electron chi connectivity index (χ2n) is 4.72. The molecule has 7 nitrogen and oxygen atoms in total. The van der Waals surface area contributed by atoms with E-state index in [9.17, 15) is 4.79 Å². The van der Waals surface area contributed by atoms with Crippen LogP contribution in [0.25, 0.3) is 11.0 Å². The van der Waals surface area contributed by atoms with E-state index >= 15 is 0 Å². The first kappa shape index (κ1) is 13.3. The largest absolute Gasteiger partial charge is 0.353 e. The Morgan fingerprint density at radius 1 is 1.50 bits per heavy atom. The molecule has 1 aliphatic rings. The van der Waals surface area contributed by atoms with Crippen LogP contribution in [0.1, 0.15) is 13.3 Å². The van der Waals surface area contributed by atoms with Gasteiger partial charge >= 0.3 is 0 Å². The zero-order valence-corrected chi connectivity index (χ0v) is 12.9. The maximum atomic E-state index is 12.0. The number of carbonyl (C=O) groups is 1. The van der Waals surface area contributed by atoms with E-state index in [1.54, 1.807) is 4.68 Å². The van der Waals surface area contributed by atoms with Gasteiger partial charge in [-0.2, -0.15) is 5.10 Å². The Morgan fingerprint density at radius 3 is 3.05 bits per heavy atom. The van der Waals surface area contributed by atoms with Crippen LogP contribution in [0.15, 0.2) is 10.9 Å². The van der Waals surface area contributed by atoms with E-state index < -0.39 is 0 Å². The first-order chi connectivity index (χ1) is 9.63. The van der Waals surface area contributed by atoms with Crippen LogP contribution in [-0.2, 0) is 11.8 Å². The minimum atomic E-state index is -0.200. The van der Waals surface area contributed by atoms with Crippen molar-refractivity contribution in [1.29, 1.82) is 0 Å². The number of hydrogen-bond acceptors (Lipinski definition) is 5. The highest BCUT2D eigenvalue weighted by molar-refractivity contribution is 9.10. The number of halogens is 1. The van der Waals surface area contributed by atoms with Crippen molar-refractivity contribution in [3.63, 3.8) is 0 Å². The Kier molecular flexibility index (Phi) is 3.33. The van der Waals surface area contributed by atoms with Crippen LogP contribution in [-0.4, -0.2) is 44.8 Å². The fraction of sp³-hybridized carbons (Fsp3) is 0.500. The average Bonchev–Trinajstić information content (AvgIpc) is 2.74. The van der Waals surface area contributed by atoms with E-state index in [0.29, 0.717) is 11.1 Å². The lowest BCUT2D eigenvalue weighted by Crippen LogP contribution is -2.55. The minimum absolute atomic E-state index is 0.0468. The molecule has 0 radical (unpaired) electrons. The van der Waals surface area contributed by atoms with Crippen LogP contribution in [0.5, 0.6) is 0 Å². The first-order valence-corrected chi connectivity index (χ1v) is 7.30. The molecular formula is C12H15BrN6O. The number of piperazine rings is 1. The van der Waals surface area contributed by atoms with E-state index in [0.717, 1.165) is 29.8 Å². The van der Waals surface area contributed by atoms with Crippen molar-refractivity contribution >= 4 is 38.7 Å². The number of rotatable bonds is 2. The van der Waals surface area contributed by atoms with Crippen molar-refractivity contribution in [2.45, 2.75) is 19.4 Å². The number of hydrogen-bond donors (Lipinski definition) is 1. The van der Waals surface area contributed by atoms with Crippen molar-refractivity contribution in [3.8, 4) is 0 Å². The van der Waals surface area contributed by atoms with Gasteiger partial charge in [0.25, 0.3) is 0 Å². The van der Waals surface area contributed by atoms with Crippen LogP contribution in [0.3, 0.4) is 0 Å². The van der Waals surface area contributed by atoms with Gasteiger partial charge in [0.2, 0.25) is 5.91 Å². The van der Waals surface area contributed by atoms with E-state index in [1.807, 2.05) is 18.9 Å². The molecule has 8 heteroatoms. The fourth-order valence-electron chi connectivity index (χ4n) is 2.62. The van der Waals surface area contributed by atoms with E-state index in [-0.39, 0.29) is 11.9 Å². The molecule has 0 aliphatic carbocycles. The molecule has 0 aromatic carbocycles. The summed E-state index contributed by atoms with van der Waals surface area (Å²) in [6, 6.07) is -0.200. The van der Waals surface area contributed by atoms with Crippen LogP contribution in [0.2, 0.25) is 0 Å². The standard InChI is InChI=1S/C12H15BrN6O/c1-3-7-12(20)14-4-5-19(7)11-8-9(13)17-18(2)10(8)15-6-16-11/h6-7H,3-5H2,1-2H3,(H,14,20)/t7-/m0/s1. The van der Waals surface area contributed by atoms with E-state index in [4.69, 9.17) is 0 Å². The van der Waals surface area contributed by atoms with Gasteiger partial charge < -0.3 is 10.2 Å². The van der Waals surface area contributed by atoms with Gasteiger partial charge in [0.05, 0.1) is 5.39 Å². The molecule has 1 saturated heterocycles. The Morgan fingerprint density at radius 2 is 2.30 bits per heavy atom. The lowest BCUT2D eigenvalue weighted by atomic mass is 10.1. The molecule has 106 valence electrons. The monoisotopic (exact) mass is 338 g/mol. The first-order valence-electron chi connectivity index (χ1n) is 6.51. The third-order valence-corrected chi connectivity index (χ3v) is 4.10. The van der Waals surface area contributed by atoms with E-state index in [1.165, 1.54) is 6.33 Å². The highest BCUT2D eigenvalue weighted by Crippen LogP contribution is 2.31. The molecule has 1 atom stereocenters. The lowest BCUT2D eigenvalue weighted by molar-refractivity contribution is -0.123. The van der Waals surface area contributed by atoms with Gasteiger partial charge in [-0.25, -0.2) is 14.6 Å². The number of aryl methyl sites for hydroxylation is 1. The van der Waals surface area contributed by atoms with Gasteiger partial charge in [0.1, 0.15) is 22.8 Å². The van der Waals surface area contributed by atoms with Crippen LogP contribution in [0, 0.1) is 0 Å². The lowest BCUT2D eigenvalue weighted by Gasteiger charge is -2.35. The second kappa shape index (κ2) is 5.01. The third-order valence-electron chi connectivity index (χ3n) is 3.55. The summed E-state index contributed by atoms with van der Waals surface area (Å²) in [5, 5.41) is 8.06. The summed E-state index contributed by atoms with van der Waals surface area (Å²) in [6.07, 6.45) is 2.25. The molecule has 0 spiro atoms. The summed E-state index contributed by atoms with van der Waals surface area (Å²) in [6.45, 7) is 3.36. The molecule has 0 bridgehead atoms. The third kappa shape index (κ3) is 1.94. The Balaban J connectivity index is 2.16. The Hall–Kier alpha value is -1.70. The van der Waals surface area contributed by atoms with E-state index in [2.05, 4.69) is 36.3 Å². The average molecular weight is 339 g/mol. The van der Waals surface area contributed by atoms with Crippen LogP contribution < -0.4 is 10.2 Å². The molecule has 1 amide bonds. The van der Waals surface area contributed by atoms with Gasteiger partial charge in [0, 0.05) is 20.1 Å². The molecule has 3 heterocycles. The number of carbonyl (C=O) groups excluding carboxylic acids is 1. The summed E-state index contributed by atoms with van der Waals surface area (Å²) >= 11 is 3.45. The quantitative estimate of drug-likeness (QED) is 0.878. The van der Waals surface area contributed by atoms with Gasteiger partial charge in [0.15, 0.2) is 5.65 Å². The number of anilines is 1. The summed E-state index contributed by atoms with van der Waals surface area (Å²) < 4.78 is 2.40. The SMILES string of the molecule is CC[C@H]1C(=O)NCCN1c1ncnc2c1c(Br)nn2C.